The van der Waals surface area contributed by atoms with Crippen LogP contribution in [0.15, 0.2) is 24.3 Å². The Morgan fingerprint density at radius 3 is 2.38 bits per heavy atom. The lowest BCUT2D eigenvalue weighted by atomic mass is 9.83. The van der Waals surface area contributed by atoms with Crippen LogP contribution in [0.1, 0.15) is 45.1 Å². The Hall–Kier alpha value is -1.06. The highest BCUT2D eigenvalue weighted by atomic mass is 35.5. The molecule has 0 spiro atoms. The van der Waals surface area contributed by atoms with E-state index in [1.54, 1.807) is 4.90 Å². The summed E-state index contributed by atoms with van der Waals surface area (Å²) in [5.41, 5.74) is 0.316. The van der Waals surface area contributed by atoms with Crippen LogP contribution in [0.2, 0.25) is 5.02 Å². The predicted octanol–water partition coefficient (Wildman–Crippen LogP) is 3.45. The second-order valence-electron chi connectivity index (χ2n) is 6.44. The maximum absolute atomic E-state index is 12.7. The van der Waals surface area contributed by atoms with Gasteiger partial charge in [-0.25, -0.2) is 0 Å². The van der Waals surface area contributed by atoms with Gasteiger partial charge >= 0.3 is 0 Å². The van der Waals surface area contributed by atoms with Crippen molar-refractivity contribution >= 4 is 17.5 Å². The Bertz CT molecular complexity index is 492. The summed E-state index contributed by atoms with van der Waals surface area (Å²) >= 11 is 5.92. The molecular weight excluding hydrogens is 286 g/mol. The SMILES string of the molecule is CCCC1(O)CN(C(=O)C(c2ccc(Cl)cc2)C(C)C)C1. The zero-order chi connectivity index (χ0) is 15.6. The van der Waals surface area contributed by atoms with Crippen molar-refractivity contribution in [2.45, 2.75) is 45.1 Å². The summed E-state index contributed by atoms with van der Waals surface area (Å²) in [5.74, 6) is 0.139. The van der Waals surface area contributed by atoms with Crippen molar-refractivity contribution in [2.75, 3.05) is 13.1 Å². The minimum absolute atomic E-state index is 0.105. The molecular formula is C17H24ClNO2. The third-order valence-corrected chi connectivity index (χ3v) is 4.41. The van der Waals surface area contributed by atoms with Gasteiger partial charge in [-0.05, 0) is 30.0 Å². The van der Waals surface area contributed by atoms with Crippen LogP contribution in [-0.4, -0.2) is 34.6 Å². The molecule has 21 heavy (non-hydrogen) atoms. The van der Waals surface area contributed by atoms with E-state index in [0.717, 1.165) is 18.4 Å². The average Bonchev–Trinajstić information content (AvgIpc) is 2.38. The highest BCUT2D eigenvalue weighted by molar-refractivity contribution is 6.30. The summed E-state index contributed by atoms with van der Waals surface area (Å²) in [4.78, 5) is 14.5. The van der Waals surface area contributed by atoms with Gasteiger partial charge in [0.25, 0.3) is 0 Å². The van der Waals surface area contributed by atoms with E-state index in [-0.39, 0.29) is 17.7 Å². The number of amides is 1. The monoisotopic (exact) mass is 309 g/mol. The average molecular weight is 310 g/mol. The number of hydrogen-bond acceptors (Lipinski definition) is 2. The smallest absolute Gasteiger partial charge is 0.230 e. The van der Waals surface area contributed by atoms with Crippen LogP contribution in [0.3, 0.4) is 0 Å². The number of nitrogens with zero attached hydrogens (tertiary/aromatic N) is 1. The third-order valence-electron chi connectivity index (χ3n) is 4.16. The van der Waals surface area contributed by atoms with E-state index in [0.29, 0.717) is 18.1 Å². The fourth-order valence-corrected chi connectivity index (χ4v) is 3.25. The van der Waals surface area contributed by atoms with Crippen molar-refractivity contribution < 1.29 is 9.90 Å². The maximum atomic E-state index is 12.7. The molecule has 0 saturated carbocycles. The van der Waals surface area contributed by atoms with Crippen molar-refractivity contribution in [1.29, 1.82) is 0 Å². The number of hydrogen-bond donors (Lipinski definition) is 1. The molecule has 0 aliphatic carbocycles. The van der Waals surface area contributed by atoms with Gasteiger partial charge in [-0.2, -0.15) is 0 Å². The summed E-state index contributed by atoms with van der Waals surface area (Å²) < 4.78 is 0. The minimum atomic E-state index is -0.675. The van der Waals surface area contributed by atoms with Crippen molar-refractivity contribution in [1.82, 2.24) is 4.90 Å². The fourth-order valence-electron chi connectivity index (χ4n) is 3.12. The summed E-state index contributed by atoms with van der Waals surface area (Å²) in [6, 6.07) is 7.48. The molecule has 2 rings (SSSR count). The predicted molar refractivity (Wildman–Crippen MR) is 85.5 cm³/mol. The third kappa shape index (κ3) is 3.58. The van der Waals surface area contributed by atoms with Gasteiger partial charge < -0.3 is 10.0 Å². The van der Waals surface area contributed by atoms with Gasteiger partial charge in [0, 0.05) is 5.02 Å². The second kappa shape index (κ2) is 6.37. The first-order valence-corrected chi connectivity index (χ1v) is 8.01. The molecule has 3 nitrogen and oxygen atoms in total. The zero-order valence-electron chi connectivity index (χ0n) is 13.0. The summed E-state index contributed by atoms with van der Waals surface area (Å²) in [6.45, 7) is 7.06. The van der Waals surface area contributed by atoms with Crippen LogP contribution in [-0.2, 0) is 4.79 Å². The number of benzene rings is 1. The van der Waals surface area contributed by atoms with Crippen molar-refractivity contribution in [3.05, 3.63) is 34.9 Å². The fraction of sp³-hybridized carbons (Fsp3) is 0.588. The number of carbonyl (C=O) groups excluding carboxylic acids is 1. The van der Waals surface area contributed by atoms with Crippen molar-refractivity contribution in [2.24, 2.45) is 5.92 Å². The molecule has 1 atom stereocenters. The lowest BCUT2D eigenvalue weighted by molar-refractivity contribution is -0.159. The number of carbonyl (C=O) groups is 1. The first-order chi connectivity index (χ1) is 9.86. The Morgan fingerprint density at radius 2 is 1.90 bits per heavy atom. The largest absolute Gasteiger partial charge is 0.386 e. The highest BCUT2D eigenvalue weighted by Crippen LogP contribution is 2.33. The van der Waals surface area contributed by atoms with E-state index in [9.17, 15) is 9.90 Å². The molecule has 1 N–H and O–H groups in total. The molecule has 1 amide bonds. The molecule has 1 aromatic rings. The molecule has 1 saturated heterocycles. The number of likely N-dealkylation sites (tertiary alicyclic amines) is 1. The Labute approximate surface area is 131 Å². The van der Waals surface area contributed by atoms with Gasteiger partial charge in [0.15, 0.2) is 0 Å². The van der Waals surface area contributed by atoms with Crippen LogP contribution >= 0.6 is 11.6 Å². The Balaban J connectivity index is 2.10. The van der Waals surface area contributed by atoms with Gasteiger partial charge in [-0.15, -0.1) is 0 Å². The van der Waals surface area contributed by atoms with Gasteiger partial charge in [-0.1, -0.05) is 50.9 Å². The van der Waals surface area contributed by atoms with E-state index in [1.165, 1.54) is 0 Å². The molecule has 116 valence electrons. The molecule has 1 unspecified atom stereocenters. The topological polar surface area (TPSA) is 40.5 Å². The van der Waals surface area contributed by atoms with Crippen molar-refractivity contribution in [3.8, 4) is 0 Å². The first-order valence-electron chi connectivity index (χ1n) is 7.63. The minimum Gasteiger partial charge on any atom is -0.386 e. The normalized spacial score (nSPS) is 18.5. The van der Waals surface area contributed by atoms with E-state index in [2.05, 4.69) is 13.8 Å². The summed E-state index contributed by atoms with van der Waals surface area (Å²) in [5, 5.41) is 10.9. The lowest BCUT2D eigenvalue weighted by Gasteiger charge is -2.48. The quantitative estimate of drug-likeness (QED) is 0.905. The molecule has 1 fully saturated rings. The van der Waals surface area contributed by atoms with Gasteiger partial charge in [0.1, 0.15) is 0 Å². The summed E-state index contributed by atoms with van der Waals surface area (Å²) in [7, 11) is 0. The summed E-state index contributed by atoms with van der Waals surface area (Å²) in [6.07, 6.45) is 1.69. The van der Waals surface area contributed by atoms with E-state index >= 15 is 0 Å². The van der Waals surface area contributed by atoms with Crippen LogP contribution in [0, 0.1) is 5.92 Å². The molecule has 4 heteroatoms. The second-order valence-corrected chi connectivity index (χ2v) is 6.88. The number of halogens is 1. The van der Waals surface area contributed by atoms with Crippen molar-refractivity contribution in [3.63, 3.8) is 0 Å². The van der Waals surface area contributed by atoms with E-state index < -0.39 is 5.60 Å². The number of β-amino-alcohol motifs (C(OH)–C–C–N with tert-alkyl or cyclic N) is 1. The zero-order valence-corrected chi connectivity index (χ0v) is 13.7. The number of aliphatic hydroxyl groups is 1. The molecule has 0 radical (unpaired) electrons. The maximum Gasteiger partial charge on any atom is 0.230 e. The van der Waals surface area contributed by atoms with Crippen LogP contribution in [0.25, 0.3) is 0 Å². The molecule has 1 aromatic carbocycles. The standard InChI is InChI=1S/C17H24ClNO2/c1-4-9-17(21)10-19(11-17)16(20)15(12(2)3)13-5-7-14(18)8-6-13/h5-8,12,15,21H,4,9-11H2,1-3H3. The van der Waals surface area contributed by atoms with Crippen LogP contribution < -0.4 is 0 Å². The van der Waals surface area contributed by atoms with Crippen LogP contribution in [0.5, 0.6) is 0 Å². The molecule has 1 aliphatic rings. The highest BCUT2D eigenvalue weighted by Gasteiger charge is 2.44. The first kappa shape index (κ1) is 16.3. The molecule has 0 bridgehead atoms. The van der Waals surface area contributed by atoms with E-state index in [4.69, 9.17) is 11.6 Å². The Morgan fingerprint density at radius 1 is 1.33 bits per heavy atom. The molecule has 0 aromatic heterocycles. The molecule has 1 aliphatic heterocycles. The van der Waals surface area contributed by atoms with E-state index in [1.807, 2.05) is 31.2 Å². The number of rotatable bonds is 5. The van der Waals surface area contributed by atoms with Gasteiger partial charge in [0.05, 0.1) is 24.6 Å². The van der Waals surface area contributed by atoms with Gasteiger partial charge in [0.2, 0.25) is 5.91 Å². The molecule has 1 heterocycles. The Kier molecular flexibility index (Phi) is 4.95. The lowest BCUT2D eigenvalue weighted by Crippen LogP contribution is -2.64. The van der Waals surface area contributed by atoms with Crippen LogP contribution in [0.4, 0.5) is 0 Å². The van der Waals surface area contributed by atoms with Gasteiger partial charge in [-0.3, -0.25) is 4.79 Å².